The molecule has 0 bridgehead atoms. The largest absolute Gasteiger partial charge is 0.316 e. The normalized spacial score (nSPS) is 26.4. The molecule has 2 heterocycles. The van der Waals surface area contributed by atoms with Crippen LogP contribution in [0.1, 0.15) is 6.92 Å². The summed E-state index contributed by atoms with van der Waals surface area (Å²) < 4.78 is 1.69. The van der Waals surface area contributed by atoms with Gasteiger partial charge in [-0.25, -0.2) is 0 Å². The smallest absolute Gasteiger partial charge is 0.243 e. The Hall–Kier alpha value is -1.29. The van der Waals surface area contributed by atoms with Crippen LogP contribution in [0, 0.1) is 11.8 Å². The van der Waals surface area contributed by atoms with E-state index in [1.807, 2.05) is 24.5 Å². The van der Waals surface area contributed by atoms with Crippen molar-refractivity contribution in [2.24, 2.45) is 11.8 Å². The fourth-order valence-corrected chi connectivity index (χ4v) is 1.78. The standard InChI is InChI=1S/C10H15N3O/c1-8-6-11-7-9(8)10(14)12-13-4-2-3-5-13/h2-5,8-9,11H,6-7H2,1H3,(H,12,14). The van der Waals surface area contributed by atoms with Crippen LogP contribution in [0.15, 0.2) is 24.5 Å². The van der Waals surface area contributed by atoms with E-state index in [9.17, 15) is 4.79 Å². The van der Waals surface area contributed by atoms with Crippen molar-refractivity contribution in [1.29, 1.82) is 0 Å². The van der Waals surface area contributed by atoms with E-state index in [4.69, 9.17) is 0 Å². The number of hydrogen-bond donors (Lipinski definition) is 2. The summed E-state index contributed by atoms with van der Waals surface area (Å²) in [4.78, 5) is 11.8. The van der Waals surface area contributed by atoms with Crippen molar-refractivity contribution in [3.8, 4) is 0 Å². The van der Waals surface area contributed by atoms with Crippen LogP contribution in [-0.2, 0) is 4.79 Å². The molecule has 14 heavy (non-hydrogen) atoms. The zero-order valence-electron chi connectivity index (χ0n) is 8.23. The lowest BCUT2D eigenvalue weighted by atomic mass is 9.98. The molecule has 1 aliphatic heterocycles. The molecule has 2 atom stereocenters. The zero-order valence-corrected chi connectivity index (χ0v) is 8.23. The highest BCUT2D eigenvalue weighted by atomic mass is 16.2. The monoisotopic (exact) mass is 193 g/mol. The molecule has 4 nitrogen and oxygen atoms in total. The van der Waals surface area contributed by atoms with Crippen LogP contribution in [-0.4, -0.2) is 23.7 Å². The summed E-state index contributed by atoms with van der Waals surface area (Å²) in [5, 5.41) is 3.21. The topological polar surface area (TPSA) is 46.1 Å². The van der Waals surface area contributed by atoms with Gasteiger partial charge in [0.25, 0.3) is 0 Å². The zero-order chi connectivity index (χ0) is 9.97. The third-order valence-electron chi connectivity index (χ3n) is 2.70. The van der Waals surface area contributed by atoms with Crippen molar-refractivity contribution in [2.75, 3.05) is 18.5 Å². The minimum Gasteiger partial charge on any atom is -0.316 e. The SMILES string of the molecule is CC1CNCC1C(=O)Nn1cccc1. The summed E-state index contributed by atoms with van der Waals surface area (Å²) in [6.45, 7) is 3.82. The molecule has 1 aromatic rings. The number of carbonyl (C=O) groups is 1. The van der Waals surface area contributed by atoms with E-state index in [1.54, 1.807) is 4.68 Å². The molecule has 2 unspecified atom stereocenters. The molecule has 1 fully saturated rings. The Labute approximate surface area is 83.3 Å². The van der Waals surface area contributed by atoms with Crippen LogP contribution >= 0.6 is 0 Å². The van der Waals surface area contributed by atoms with E-state index in [0.717, 1.165) is 13.1 Å². The van der Waals surface area contributed by atoms with Crippen LogP contribution in [0.2, 0.25) is 0 Å². The minimum atomic E-state index is 0.0948. The van der Waals surface area contributed by atoms with Crippen LogP contribution in [0.4, 0.5) is 0 Å². The van der Waals surface area contributed by atoms with Gasteiger partial charge in [0.15, 0.2) is 0 Å². The van der Waals surface area contributed by atoms with Crippen molar-refractivity contribution in [3.63, 3.8) is 0 Å². The predicted molar refractivity (Wildman–Crippen MR) is 54.3 cm³/mol. The summed E-state index contributed by atoms with van der Waals surface area (Å²) in [7, 11) is 0. The van der Waals surface area contributed by atoms with Crippen LogP contribution in [0.25, 0.3) is 0 Å². The van der Waals surface area contributed by atoms with E-state index in [-0.39, 0.29) is 11.8 Å². The maximum absolute atomic E-state index is 11.8. The summed E-state index contributed by atoms with van der Waals surface area (Å²) in [6.07, 6.45) is 3.65. The third-order valence-corrected chi connectivity index (χ3v) is 2.70. The van der Waals surface area contributed by atoms with Gasteiger partial charge in [0.2, 0.25) is 5.91 Å². The number of rotatable bonds is 2. The van der Waals surface area contributed by atoms with Gasteiger partial charge in [0.1, 0.15) is 0 Å². The maximum atomic E-state index is 11.8. The van der Waals surface area contributed by atoms with Crippen molar-refractivity contribution < 1.29 is 4.79 Å². The first kappa shape index (κ1) is 9.27. The minimum absolute atomic E-state index is 0.0948. The van der Waals surface area contributed by atoms with Crippen LogP contribution in [0.3, 0.4) is 0 Å². The Morgan fingerprint density at radius 3 is 2.71 bits per heavy atom. The number of aromatic nitrogens is 1. The van der Waals surface area contributed by atoms with Gasteiger partial charge in [-0.1, -0.05) is 6.92 Å². The molecule has 1 amide bonds. The van der Waals surface area contributed by atoms with Gasteiger partial charge < -0.3 is 5.32 Å². The molecule has 2 N–H and O–H groups in total. The Morgan fingerprint density at radius 1 is 1.43 bits per heavy atom. The highest BCUT2D eigenvalue weighted by molar-refractivity contribution is 5.86. The van der Waals surface area contributed by atoms with Crippen LogP contribution in [0.5, 0.6) is 0 Å². The lowest BCUT2D eigenvalue weighted by Crippen LogP contribution is -2.32. The lowest BCUT2D eigenvalue weighted by Gasteiger charge is -2.14. The van der Waals surface area contributed by atoms with E-state index in [2.05, 4.69) is 17.7 Å². The predicted octanol–water partition coefficient (Wildman–Crippen LogP) is 0.414. The van der Waals surface area contributed by atoms with Crippen molar-refractivity contribution >= 4 is 5.91 Å². The number of amides is 1. The second-order valence-electron chi connectivity index (χ2n) is 3.81. The fourth-order valence-electron chi connectivity index (χ4n) is 1.78. The molecule has 1 aliphatic rings. The first-order chi connectivity index (χ1) is 6.77. The molecule has 0 aromatic carbocycles. The summed E-state index contributed by atoms with van der Waals surface area (Å²) >= 11 is 0. The maximum Gasteiger partial charge on any atom is 0.243 e. The summed E-state index contributed by atoms with van der Waals surface area (Å²) in [5.74, 6) is 0.613. The second kappa shape index (κ2) is 3.84. The average Bonchev–Trinajstić information content (AvgIpc) is 2.75. The second-order valence-corrected chi connectivity index (χ2v) is 3.81. The quantitative estimate of drug-likeness (QED) is 0.714. The molecule has 0 radical (unpaired) electrons. The van der Waals surface area contributed by atoms with Gasteiger partial charge in [-0.2, -0.15) is 0 Å². The molecule has 0 aliphatic carbocycles. The Bertz CT molecular complexity index is 307. The Morgan fingerprint density at radius 2 is 2.14 bits per heavy atom. The molecule has 2 rings (SSSR count). The molecular formula is C10H15N3O. The Balaban J connectivity index is 1.95. The number of nitrogens with zero attached hydrogens (tertiary/aromatic N) is 1. The van der Waals surface area contributed by atoms with E-state index in [0.29, 0.717) is 5.92 Å². The van der Waals surface area contributed by atoms with Crippen LogP contribution < -0.4 is 10.7 Å². The van der Waals surface area contributed by atoms with E-state index < -0.39 is 0 Å². The first-order valence-electron chi connectivity index (χ1n) is 4.92. The first-order valence-corrected chi connectivity index (χ1v) is 4.92. The summed E-state index contributed by atoms with van der Waals surface area (Å²) in [6, 6.07) is 3.77. The fraction of sp³-hybridized carbons (Fsp3) is 0.500. The Kier molecular flexibility index (Phi) is 2.54. The van der Waals surface area contributed by atoms with E-state index >= 15 is 0 Å². The number of nitrogens with one attached hydrogen (secondary N) is 2. The summed E-state index contributed by atoms with van der Waals surface area (Å²) in [5.41, 5.74) is 2.83. The lowest BCUT2D eigenvalue weighted by molar-refractivity contribution is -0.121. The molecule has 0 saturated carbocycles. The van der Waals surface area contributed by atoms with Gasteiger partial charge in [0, 0.05) is 18.9 Å². The number of hydrogen-bond acceptors (Lipinski definition) is 2. The highest BCUT2D eigenvalue weighted by Gasteiger charge is 2.29. The van der Waals surface area contributed by atoms with Crippen molar-refractivity contribution in [2.45, 2.75) is 6.92 Å². The van der Waals surface area contributed by atoms with Gasteiger partial charge in [-0.15, -0.1) is 0 Å². The number of carbonyl (C=O) groups excluding carboxylic acids is 1. The highest BCUT2D eigenvalue weighted by Crippen LogP contribution is 2.15. The molecule has 1 aromatic heterocycles. The van der Waals surface area contributed by atoms with Gasteiger partial charge in [0.05, 0.1) is 5.92 Å². The third kappa shape index (κ3) is 1.80. The molecule has 4 heteroatoms. The van der Waals surface area contributed by atoms with E-state index in [1.165, 1.54) is 0 Å². The van der Waals surface area contributed by atoms with Gasteiger partial charge >= 0.3 is 0 Å². The van der Waals surface area contributed by atoms with Gasteiger partial charge in [-0.05, 0) is 24.6 Å². The average molecular weight is 193 g/mol. The molecule has 0 spiro atoms. The van der Waals surface area contributed by atoms with Crippen molar-refractivity contribution in [3.05, 3.63) is 24.5 Å². The van der Waals surface area contributed by atoms with Crippen molar-refractivity contribution in [1.82, 2.24) is 9.99 Å². The van der Waals surface area contributed by atoms with Gasteiger partial charge in [-0.3, -0.25) is 14.9 Å². The molecule has 1 saturated heterocycles. The molecular weight excluding hydrogens is 178 g/mol. The molecule has 76 valence electrons.